The van der Waals surface area contributed by atoms with E-state index in [-0.39, 0.29) is 23.7 Å². The number of carbonyl (C=O) groups is 2. The zero-order valence-corrected chi connectivity index (χ0v) is 12.3. The van der Waals surface area contributed by atoms with Gasteiger partial charge >= 0.3 is 0 Å². The van der Waals surface area contributed by atoms with E-state index in [0.717, 1.165) is 31.2 Å². The molecule has 112 valence electrons. The molecule has 0 unspecified atom stereocenters. The molecular formula is C16H21N3O2. The van der Waals surface area contributed by atoms with Crippen molar-refractivity contribution < 1.29 is 9.59 Å². The minimum Gasteiger partial charge on any atom is -0.342 e. The lowest BCUT2D eigenvalue weighted by Gasteiger charge is -2.31. The summed E-state index contributed by atoms with van der Waals surface area (Å²) in [6.45, 7) is 3.38. The molecular weight excluding hydrogens is 266 g/mol. The summed E-state index contributed by atoms with van der Waals surface area (Å²) >= 11 is 0. The number of aromatic nitrogens is 1. The molecule has 1 saturated carbocycles. The molecule has 0 bridgehead atoms. The number of pyridine rings is 1. The van der Waals surface area contributed by atoms with Crippen molar-refractivity contribution in [2.45, 2.75) is 32.6 Å². The van der Waals surface area contributed by atoms with Crippen molar-refractivity contribution >= 4 is 17.6 Å². The van der Waals surface area contributed by atoms with Crippen LogP contribution in [-0.2, 0) is 9.59 Å². The topological polar surface area (TPSA) is 62.3 Å². The first kappa shape index (κ1) is 14.0. The number of nitrogens with zero attached hydrogens (tertiary/aromatic N) is 2. The highest BCUT2D eigenvalue weighted by Crippen LogP contribution is 2.32. The molecule has 1 N–H and O–H groups in total. The molecule has 0 aromatic carbocycles. The fourth-order valence-electron chi connectivity index (χ4n) is 2.78. The number of likely N-dealkylation sites (tertiary alicyclic amines) is 1. The van der Waals surface area contributed by atoms with E-state index in [1.165, 1.54) is 0 Å². The Labute approximate surface area is 124 Å². The van der Waals surface area contributed by atoms with Crippen molar-refractivity contribution in [2.24, 2.45) is 11.8 Å². The predicted octanol–water partition coefficient (Wildman–Crippen LogP) is 1.98. The van der Waals surface area contributed by atoms with Gasteiger partial charge in [0.1, 0.15) is 5.82 Å². The number of anilines is 1. The number of nitrogens with one attached hydrogen (secondary N) is 1. The molecule has 2 fully saturated rings. The highest BCUT2D eigenvalue weighted by Gasteiger charge is 2.35. The summed E-state index contributed by atoms with van der Waals surface area (Å²) in [6.07, 6.45) is 5.27. The summed E-state index contributed by atoms with van der Waals surface area (Å²) in [6, 6.07) is 3.77. The van der Waals surface area contributed by atoms with Crippen LogP contribution in [-0.4, -0.2) is 34.8 Å². The Kier molecular flexibility index (Phi) is 3.90. The van der Waals surface area contributed by atoms with E-state index < -0.39 is 0 Å². The Balaban J connectivity index is 1.51. The van der Waals surface area contributed by atoms with Gasteiger partial charge in [-0.25, -0.2) is 4.98 Å². The number of piperidine rings is 1. The molecule has 1 aliphatic heterocycles. The van der Waals surface area contributed by atoms with Gasteiger partial charge in [-0.2, -0.15) is 0 Å². The van der Waals surface area contributed by atoms with Gasteiger partial charge in [-0.3, -0.25) is 9.59 Å². The van der Waals surface area contributed by atoms with Crippen molar-refractivity contribution in [3.63, 3.8) is 0 Å². The highest BCUT2D eigenvalue weighted by atomic mass is 16.2. The summed E-state index contributed by atoms with van der Waals surface area (Å²) in [5.41, 5.74) is 1.07. The van der Waals surface area contributed by atoms with Crippen LogP contribution in [0.15, 0.2) is 18.3 Å². The maximum Gasteiger partial charge on any atom is 0.228 e. The van der Waals surface area contributed by atoms with Gasteiger partial charge in [0.15, 0.2) is 0 Å². The van der Waals surface area contributed by atoms with E-state index in [9.17, 15) is 9.59 Å². The van der Waals surface area contributed by atoms with Crippen LogP contribution in [0, 0.1) is 18.8 Å². The standard InChI is InChI=1S/C16H21N3O2/c1-11-4-7-17-14(10-11)18-15(20)12-5-8-19(9-6-12)16(21)13-2-3-13/h4,7,10,12-13H,2-3,5-6,8-9H2,1H3,(H,17,18,20). The quantitative estimate of drug-likeness (QED) is 0.924. The molecule has 5 nitrogen and oxygen atoms in total. The maximum absolute atomic E-state index is 12.2. The van der Waals surface area contributed by atoms with Crippen molar-refractivity contribution in [1.82, 2.24) is 9.88 Å². The van der Waals surface area contributed by atoms with E-state index in [2.05, 4.69) is 10.3 Å². The summed E-state index contributed by atoms with van der Waals surface area (Å²) in [4.78, 5) is 30.3. The third kappa shape index (κ3) is 3.40. The van der Waals surface area contributed by atoms with E-state index in [1.807, 2.05) is 24.0 Å². The SMILES string of the molecule is Cc1ccnc(NC(=O)C2CCN(C(=O)C3CC3)CC2)c1. The summed E-state index contributed by atoms with van der Waals surface area (Å²) in [5, 5.41) is 2.88. The molecule has 3 rings (SSSR count). The largest absolute Gasteiger partial charge is 0.342 e. The number of hydrogen-bond acceptors (Lipinski definition) is 3. The lowest BCUT2D eigenvalue weighted by Crippen LogP contribution is -2.42. The lowest BCUT2D eigenvalue weighted by atomic mass is 9.95. The van der Waals surface area contributed by atoms with Gasteiger partial charge in [0, 0.05) is 31.1 Å². The first-order chi connectivity index (χ1) is 10.1. The highest BCUT2D eigenvalue weighted by molar-refractivity contribution is 5.92. The van der Waals surface area contributed by atoms with Gasteiger partial charge in [0.25, 0.3) is 0 Å². The predicted molar refractivity (Wildman–Crippen MR) is 79.6 cm³/mol. The lowest BCUT2D eigenvalue weighted by molar-refractivity contribution is -0.135. The van der Waals surface area contributed by atoms with Crippen LogP contribution in [0.3, 0.4) is 0 Å². The normalized spacial score (nSPS) is 19.4. The van der Waals surface area contributed by atoms with Crippen molar-refractivity contribution in [1.29, 1.82) is 0 Å². The van der Waals surface area contributed by atoms with Crippen LogP contribution in [0.4, 0.5) is 5.82 Å². The summed E-state index contributed by atoms with van der Waals surface area (Å²) in [5.74, 6) is 1.17. The molecule has 0 radical (unpaired) electrons. The molecule has 1 saturated heterocycles. The molecule has 1 aromatic rings. The van der Waals surface area contributed by atoms with Crippen LogP contribution < -0.4 is 5.32 Å². The second-order valence-electron chi connectivity index (χ2n) is 6.08. The van der Waals surface area contributed by atoms with Gasteiger partial charge < -0.3 is 10.2 Å². The van der Waals surface area contributed by atoms with Gasteiger partial charge in [0.2, 0.25) is 11.8 Å². The summed E-state index contributed by atoms with van der Waals surface area (Å²) < 4.78 is 0. The number of hydrogen-bond donors (Lipinski definition) is 1. The molecule has 1 aliphatic carbocycles. The zero-order valence-electron chi connectivity index (χ0n) is 12.3. The molecule has 0 spiro atoms. The first-order valence-corrected chi connectivity index (χ1v) is 7.66. The maximum atomic E-state index is 12.2. The van der Waals surface area contributed by atoms with E-state index in [1.54, 1.807) is 6.20 Å². The van der Waals surface area contributed by atoms with Crippen LogP contribution in [0.5, 0.6) is 0 Å². The molecule has 0 atom stereocenters. The Hall–Kier alpha value is -1.91. The fraction of sp³-hybridized carbons (Fsp3) is 0.562. The number of aryl methyl sites for hydroxylation is 1. The van der Waals surface area contributed by atoms with Gasteiger partial charge in [-0.1, -0.05) is 0 Å². The zero-order chi connectivity index (χ0) is 14.8. The van der Waals surface area contributed by atoms with Gasteiger partial charge in [-0.05, 0) is 50.3 Å². The van der Waals surface area contributed by atoms with Crippen LogP contribution in [0.25, 0.3) is 0 Å². The van der Waals surface area contributed by atoms with Crippen molar-refractivity contribution in [2.75, 3.05) is 18.4 Å². The molecule has 5 heteroatoms. The first-order valence-electron chi connectivity index (χ1n) is 7.66. The van der Waals surface area contributed by atoms with Crippen LogP contribution in [0.1, 0.15) is 31.2 Å². The molecule has 2 heterocycles. The Morgan fingerprint density at radius 1 is 1.19 bits per heavy atom. The Bertz CT molecular complexity index is 546. The number of rotatable bonds is 3. The number of amides is 2. The van der Waals surface area contributed by atoms with Gasteiger partial charge in [0.05, 0.1) is 0 Å². The average Bonchev–Trinajstić information content (AvgIpc) is 3.31. The minimum atomic E-state index is -0.0180. The van der Waals surface area contributed by atoms with Gasteiger partial charge in [-0.15, -0.1) is 0 Å². The third-order valence-electron chi connectivity index (χ3n) is 4.27. The summed E-state index contributed by atoms with van der Waals surface area (Å²) in [7, 11) is 0. The Morgan fingerprint density at radius 2 is 1.90 bits per heavy atom. The average molecular weight is 287 g/mol. The molecule has 2 aliphatic rings. The Morgan fingerprint density at radius 3 is 2.52 bits per heavy atom. The smallest absolute Gasteiger partial charge is 0.228 e. The van der Waals surface area contributed by atoms with Crippen molar-refractivity contribution in [3.05, 3.63) is 23.9 Å². The monoisotopic (exact) mass is 287 g/mol. The van der Waals surface area contributed by atoms with E-state index in [0.29, 0.717) is 18.9 Å². The molecule has 21 heavy (non-hydrogen) atoms. The van der Waals surface area contributed by atoms with Crippen LogP contribution >= 0.6 is 0 Å². The third-order valence-corrected chi connectivity index (χ3v) is 4.27. The van der Waals surface area contributed by atoms with E-state index in [4.69, 9.17) is 0 Å². The molecule has 1 aromatic heterocycles. The van der Waals surface area contributed by atoms with Crippen molar-refractivity contribution in [3.8, 4) is 0 Å². The second kappa shape index (κ2) is 5.84. The molecule has 2 amide bonds. The van der Waals surface area contributed by atoms with Crippen LogP contribution in [0.2, 0.25) is 0 Å². The minimum absolute atomic E-state index is 0.0180. The second-order valence-corrected chi connectivity index (χ2v) is 6.08. The van der Waals surface area contributed by atoms with E-state index >= 15 is 0 Å². The fourth-order valence-corrected chi connectivity index (χ4v) is 2.78. The number of carbonyl (C=O) groups excluding carboxylic acids is 2.